The second-order valence-electron chi connectivity index (χ2n) is 3.73. The van der Waals surface area contributed by atoms with Crippen LogP contribution in [0.1, 0.15) is 33.6 Å². The number of carbonyl (C=O) groups excluding carboxylic acids is 1. The lowest BCUT2D eigenvalue weighted by molar-refractivity contribution is -0.124. The van der Waals surface area contributed by atoms with Crippen LogP contribution in [-0.2, 0) is 4.79 Å². The highest BCUT2D eigenvalue weighted by Gasteiger charge is 2.32. The van der Waals surface area contributed by atoms with Crippen LogP contribution in [0.3, 0.4) is 0 Å². The van der Waals surface area contributed by atoms with E-state index in [1.54, 1.807) is 0 Å². The molecule has 0 aromatic carbocycles. The molecule has 0 spiro atoms. The summed E-state index contributed by atoms with van der Waals surface area (Å²) in [6.07, 6.45) is 2.24. The molecule has 2 atom stereocenters. The van der Waals surface area contributed by atoms with E-state index < -0.39 is 0 Å². The fraction of sp³-hybridized carbons (Fsp3) is 0.889. The standard InChI is InChI=1S/C9H16O/c1-6(2)8-5-4-7(3)9(8)10/h6-8H,4-5H2,1-3H3/t7-,8+/m1/s1. The third-order valence-corrected chi connectivity index (χ3v) is 2.57. The Morgan fingerprint density at radius 3 is 2.20 bits per heavy atom. The number of hydrogen-bond acceptors (Lipinski definition) is 1. The minimum absolute atomic E-state index is 0.340. The summed E-state index contributed by atoms with van der Waals surface area (Å²) in [5.41, 5.74) is 0. The molecule has 1 heteroatoms. The van der Waals surface area contributed by atoms with Crippen molar-refractivity contribution in [2.24, 2.45) is 17.8 Å². The summed E-state index contributed by atoms with van der Waals surface area (Å²) in [6, 6.07) is 0. The van der Waals surface area contributed by atoms with Crippen molar-refractivity contribution in [1.82, 2.24) is 0 Å². The lowest BCUT2D eigenvalue weighted by atomic mass is 9.92. The van der Waals surface area contributed by atoms with E-state index in [2.05, 4.69) is 13.8 Å². The molecule has 1 rings (SSSR count). The smallest absolute Gasteiger partial charge is 0.139 e. The molecular formula is C9H16O. The number of rotatable bonds is 1. The van der Waals surface area contributed by atoms with Crippen LogP contribution in [0.15, 0.2) is 0 Å². The highest BCUT2D eigenvalue weighted by Crippen LogP contribution is 2.31. The van der Waals surface area contributed by atoms with Crippen LogP contribution < -0.4 is 0 Å². The quantitative estimate of drug-likeness (QED) is 0.546. The Balaban J connectivity index is 2.57. The molecule has 0 aliphatic heterocycles. The Morgan fingerprint density at radius 2 is 2.00 bits per heavy atom. The first-order chi connectivity index (χ1) is 4.63. The van der Waals surface area contributed by atoms with Crippen LogP contribution in [0, 0.1) is 17.8 Å². The molecule has 1 fully saturated rings. The fourth-order valence-electron chi connectivity index (χ4n) is 1.74. The van der Waals surface area contributed by atoms with Gasteiger partial charge in [-0.25, -0.2) is 0 Å². The van der Waals surface area contributed by atoms with Crippen LogP contribution >= 0.6 is 0 Å². The second-order valence-corrected chi connectivity index (χ2v) is 3.73. The number of hydrogen-bond donors (Lipinski definition) is 0. The monoisotopic (exact) mass is 140 g/mol. The normalized spacial score (nSPS) is 33.8. The molecule has 1 aliphatic rings. The third kappa shape index (κ3) is 1.23. The molecule has 0 amide bonds. The molecule has 0 aromatic rings. The predicted octanol–water partition coefficient (Wildman–Crippen LogP) is 2.26. The Labute approximate surface area is 62.8 Å². The minimum atomic E-state index is 0.340. The summed E-state index contributed by atoms with van der Waals surface area (Å²) in [7, 11) is 0. The Hall–Kier alpha value is -0.330. The highest BCUT2D eigenvalue weighted by atomic mass is 16.1. The van der Waals surface area contributed by atoms with Crippen molar-refractivity contribution in [3.63, 3.8) is 0 Å². The molecular weight excluding hydrogens is 124 g/mol. The van der Waals surface area contributed by atoms with Gasteiger partial charge in [0.05, 0.1) is 0 Å². The van der Waals surface area contributed by atoms with Gasteiger partial charge in [-0.05, 0) is 18.8 Å². The molecule has 0 aromatic heterocycles. The van der Waals surface area contributed by atoms with Crippen molar-refractivity contribution in [2.75, 3.05) is 0 Å². The van der Waals surface area contributed by atoms with E-state index in [0.29, 0.717) is 23.5 Å². The molecule has 1 saturated carbocycles. The first kappa shape index (κ1) is 7.77. The molecule has 1 aliphatic carbocycles. The maximum Gasteiger partial charge on any atom is 0.139 e. The van der Waals surface area contributed by atoms with E-state index in [9.17, 15) is 4.79 Å². The predicted molar refractivity (Wildman–Crippen MR) is 41.7 cm³/mol. The topological polar surface area (TPSA) is 17.1 Å². The summed E-state index contributed by atoms with van der Waals surface area (Å²) in [6.45, 7) is 6.33. The van der Waals surface area contributed by atoms with Gasteiger partial charge in [0.2, 0.25) is 0 Å². The summed E-state index contributed by atoms with van der Waals surface area (Å²) in [5.74, 6) is 1.76. The zero-order chi connectivity index (χ0) is 7.72. The van der Waals surface area contributed by atoms with Crippen LogP contribution in [0.5, 0.6) is 0 Å². The zero-order valence-electron chi connectivity index (χ0n) is 7.05. The van der Waals surface area contributed by atoms with Crippen LogP contribution in [0.25, 0.3) is 0 Å². The number of carbonyl (C=O) groups is 1. The van der Waals surface area contributed by atoms with Gasteiger partial charge in [0.1, 0.15) is 5.78 Å². The maximum absolute atomic E-state index is 11.3. The van der Waals surface area contributed by atoms with Crippen LogP contribution in [0.4, 0.5) is 0 Å². The molecule has 0 bridgehead atoms. The Kier molecular flexibility index (Phi) is 2.12. The molecule has 0 saturated heterocycles. The summed E-state index contributed by atoms with van der Waals surface area (Å²) >= 11 is 0. The van der Waals surface area contributed by atoms with Crippen molar-refractivity contribution >= 4 is 5.78 Å². The number of ketones is 1. The van der Waals surface area contributed by atoms with Gasteiger partial charge in [0.25, 0.3) is 0 Å². The average Bonchev–Trinajstić information content (AvgIpc) is 2.14. The number of Topliss-reactive ketones (excluding diaryl/α,β-unsaturated/α-hetero) is 1. The molecule has 1 nitrogen and oxygen atoms in total. The van der Waals surface area contributed by atoms with Gasteiger partial charge in [-0.3, -0.25) is 4.79 Å². The van der Waals surface area contributed by atoms with E-state index in [0.717, 1.165) is 12.8 Å². The fourth-order valence-corrected chi connectivity index (χ4v) is 1.74. The van der Waals surface area contributed by atoms with Crippen molar-refractivity contribution < 1.29 is 4.79 Å². The van der Waals surface area contributed by atoms with E-state index in [1.807, 2.05) is 6.92 Å². The van der Waals surface area contributed by atoms with Crippen molar-refractivity contribution in [1.29, 1.82) is 0 Å². The van der Waals surface area contributed by atoms with Gasteiger partial charge >= 0.3 is 0 Å². The molecule has 0 N–H and O–H groups in total. The van der Waals surface area contributed by atoms with Crippen molar-refractivity contribution in [2.45, 2.75) is 33.6 Å². The Bertz CT molecular complexity index is 138. The lowest BCUT2D eigenvalue weighted by Crippen LogP contribution is -2.16. The van der Waals surface area contributed by atoms with E-state index >= 15 is 0 Å². The van der Waals surface area contributed by atoms with Gasteiger partial charge in [-0.15, -0.1) is 0 Å². The summed E-state index contributed by atoms with van der Waals surface area (Å²) in [4.78, 5) is 11.3. The summed E-state index contributed by atoms with van der Waals surface area (Å²) in [5, 5.41) is 0. The van der Waals surface area contributed by atoms with Crippen LogP contribution in [0.2, 0.25) is 0 Å². The van der Waals surface area contributed by atoms with Crippen molar-refractivity contribution in [3.05, 3.63) is 0 Å². The molecule has 10 heavy (non-hydrogen) atoms. The molecule has 0 radical (unpaired) electrons. The van der Waals surface area contributed by atoms with Gasteiger partial charge in [0, 0.05) is 11.8 Å². The highest BCUT2D eigenvalue weighted by molar-refractivity contribution is 5.85. The minimum Gasteiger partial charge on any atom is -0.299 e. The second kappa shape index (κ2) is 2.73. The first-order valence-corrected chi connectivity index (χ1v) is 4.16. The van der Waals surface area contributed by atoms with Gasteiger partial charge in [-0.1, -0.05) is 20.8 Å². The third-order valence-electron chi connectivity index (χ3n) is 2.57. The first-order valence-electron chi connectivity index (χ1n) is 4.16. The molecule has 58 valence electrons. The van der Waals surface area contributed by atoms with Gasteiger partial charge in [0.15, 0.2) is 0 Å². The van der Waals surface area contributed by atoms with Gasteiger partial charge in [-0.2, -0.15) is 0 Å². The van der Waals surface area contributed by atoms with E-state index in [1.165, 1.54) is 0 Å². The van der Waals surface area contributed by atoms with E-state index in [-0.39, 0.29) is 0 Å². The molecule has 0 heterocycles. The van der Waals surface area contributed by atoms with Gasteiger partial charge < -0.3 is 0 Å². The molecule has 0 unspecified atom stereocenters. The zero-order valence-corrected chi connectivity index (χ0v) is 7.05. The SMILES string of the molecule is CC(C)[C@@H]1CC[C@@H](C)C1=O. The lowest BCUT2D eigenvalue weighted by Gasteiger charge is -2.11. The van der Waals surface area contributed by atoms with E-state index in [4.69, 9.17) is 0 Å². The van der Waals surface area contributed by atoms with Crippen molar-refractivity contribution in [3.8, 4) is 0 Å². The van der Waals surface area contributed by atoms with Crippen LogP contribution in [-0.4, -0.2) is 5.78 Å². The largest absolute Gasteiger partial charge is 0.299 e. The maximum atomic E-state index is 11.3. The average molecular weight is 140 g/mol. The summed E-state index contributed by atoms with van der Waals surface area (Å²) < 4.78 is 0. The Morgan fingerprint density at radius 1 is 1.40 bits per heavy atom.